The Morgan fingerprint density at radius 3 is 2.80 bits per heavy atom. The molecule has 0 aliphatic heterocycles. The van der Waals surface area contributed by atoms with Crippen LogP contribution in [0.5, 0.6) is 0 Å². The molecule has 2 heterocycles. The van der Waals surface area contributed by atoms with Gasteiger partial charge in [0.2, 0.25) is 0 Å². The van der Waals surface area contributed by atoms with Gasteiger partial charge in [-0.05, 0) is 19.1 Å². The molecule has 2 aromatic heterocycles. The third-order valence-electron chi connectivity index (χ3n) is 1.84. The van der Waals surface area contributed by atoms with E-state index in [0.29, 0.717) is 17.3 Å². The van der Waals surface area contributed by atoms with E-state index < -0.39 is 0 Å². The minimum atomic E-state index is -0.389. The maximum absolute atomic E-state index is 12.6. The average Bonchev–Trinajstić information content (AvgIpc) is 2.68. The molecule has 1 N–H and O–H groups in total. The number of halogens is 2. The van der Waals surface area contributed by atoms with Gasteiger partial charge in [0, 0.05) is 0 Å². The highest BCUT2D eigenvalue weighted by Crippen LogP contribution is 2.18. The van der Waals surface area contributed by atoms with Gasteiger partial charge in [-0.15, -0.1) is 11.6 Å². The molecule has 78 valence electrons. The summed E-state index contributed by atoms with van der Waals surface area (Å²) in [5, 5.41) is 6.38. The normalized spacial score (nSPS) is 12.7. The van der Waals surface area contributed by atoms with E-state index in [0.717, 1.165) is 6.20 Å². The summed E-state index contributed by atoms with van der Waals surface area (Å²) in [6.45, 7) is 1.78. The van der Waals surface area contributed by atoms with Crippen molar-refractivity contribution in [2.45, 2.75) is 12.3 Å². The highest BCUT2D eigenvalue weighted by Gasteiger charge is 2.10. The Balaban J connectivity index is 2.33. The molecule has 2 aromatic rings. The molecule has 0 spiro atoms. The Morgan fingerprint density at radius 2 is 2.27 bits per heavy atom. The number of H-pyrrole nitrogens is 1. The Kier molecular flexibility index (Phi) is 2.64. The number of hydrogen-bond acceptors (Lipinski definition) is 3. The number of nitrogens with one attached hydrogen (secondary N) is 1. The molecule has 4 nitrogen and oxygen atoms in total. The Bertz CT molecular complexity index is 451. The quantitative estimate of drug-likeness (QED) is 0.800. The van der Waals surface area contributed by atoms with E-state index in [9.17, 15) is 4.39 Å². The number of pyridine rings is 1. The summed E-state index contributed by atoms with van der Waals surface area (Å²) >= 11 is 5.82. The first-order chi connectivity index (χ1) is 7.16. The van der Waals surface area contributed by atoms with Crippen molar-refractivity contribution in [1.82, 2.24) is 20.2 Å². The number of aromatic nitrogens is 4. The van der Waals surface area contributed by atoms with Crippen LogP contribution in [0.2, 0.25) is 0 Å². The summed E-state index contributed by atoms with van der Waals surface area (Å²) in [6.07, 6.45) is 1.12. The molecular weight excluding hydrogens is 219 g/mol. The largest absolute Gasteiger partial charge is 0.261 e. The van der Waals surface area contributed by atoms with E-state index >= 15 is 0 Å². The second kappa shape index (κ2) is 3.94. The predicted octanol–water partition coefficient (Wildman–Crippen LogP) is 2.31. The monoisotopic (exact) mass is 226 g/mol. The van der Waals surface area contributed by atoms with Crippen molar-refractivity contribution in [1.29, 1.82) is 0 Å². The SMILES string of the molecule is CC(Cl)c1nc(-c2ccc(F)cn2)n[nH]1. The highest BCUT2D eigenvalue weighted by atomic mass is 35.5. The van der Waals surface area contributed by atoms with Crippen LogP contribution in [0.1, 0.15) is 18.1 Å². The van der Waals surface area contributed by atoms with Crippen molar-refractivity contribution < 1.29 is 4.39 Å². The zero-order chi connectivity index (χ0) is 10.8. The molecule has 0 aliphatic carbocycles. The lowest BCUT2D eigenvalue weighted by Crippen LogP contribution is -1.88. The lowest BCUT2D eigenvalue weighted by Gasteiger charge is -1.94. The van der Waals surface area contributed by atoms with Crippen LogP contribution in [0, 0.1) is 5.82 Å². The Hall–Kier alpha value is -1.49. The Morgan fingerprint density at radius 1 is 1.47 bits per heavy atom. The van der Waals surface area contributed by atoms with Crippen LogP contribution in [0.4, 0.5) is 4.39 Å². The number of rotatable bonds is 2. The smallest absolute Gasteiger partial charge is 0.199 e. The second-order valence-electron chi connectivity index (χ2n) is 3.02. The van der Waals surface area contributed by atoms with Gasteiger partial charge in [-0.2, -0.15) is 5.10 Å². The van der Waals surface area contributed by atoms with E-state index in [-0.39, 0.29) is 11.2 Å². The molecule has 2 rings (SSSR count). The van der Waals surface area contributed by atoms with Crippen LogP contribution in [-0.2, 0) is 0 Å². The number of hydrogen-bond donors (Lipinski definition) is 1. The summed E-state index contributed by atoms with van der Waals surface area (Å²) in [4.78, 5) is 7.98. The van der Waals surface area contributed by atoms with Crippen LogP contribution < -0.4 is 0 Å². The first-order valence-electron chi connectivity index (χ1n) is 4.35. The second-order valence-corrected chi connectivity index (χ2v) is 3.68. The fourth-order valence-electron chi connectivity index (χ4n) is 1.07. The van der Waals surface area contributed by atoms with Gasteiger partial charge in [0.05, 0.1) is 11.6 Å². The van der Waals surface area contributed by atoms with Crippen molar-refractivity contribution >= 4 is 11.6 Å². The van der Waals surface area contributed by atoms with E-state index in [1.165, 1.54) is 12.1 Å². The summed E-state index contributed by atoms with van der Waals surface area (Å²) in [5.41, 5.74) is 0.510. The third-order valence-corrected chi connectivity index (χ3v) is 2.04. The topological polar surface area (TPSA) is 54.5 Å². The summed E-state index contributed by atoms with van der Waals surface area (Å²) in [5.74, 6) is 0.593. The molecule has 0 amide bonds. The molecule has 15 heavy (non-hydrogen) atoms. The molecule has 0 saturated carbocycles. The van der Waals surface area contributed by atoms with E-state index in [4.69, 9.17) is 11.6 Å². The first-order valence-corrected chi connectivity index (χ1v) is 4.79. The van der Waals surface area contributed by atoms with E-state index in [1.54, 1.807) is 6.92 Å². The van der Waals surface area contributed by atoms with Crippen LogP contribution in [-0.4, -0.2) is 20.2 Å². The highest BCUT2D eigenvalue weighted by molar-refractivity contribution is 6.20. The summed E-state index contributed by atoms with van der Waals surface area (Å²) in [7, 11) is 0. The molecule has 1 atom stereocenters. The van der Waals surface area contributed by atoms with Crippen LogP contribution in [0.3, 0.4) is 0 Å². The molecule has 0 aromatic carbocycles. The zero-order valence-corrected chi connectivity index (χ0v) is 8.66. The maximum atomic E-state index is 12.6. The minimum absolute atomic E-state index is 0.244. The van der Waals surface area contributed by atoms with Gasteiger partial charge in [-0.25, -0.2) is 14.4 Å². The third kappa shape index (κ3) is 2.12. The van der Waals surface area contributed by atoms with Crippen molar-refractivity contribution in [2.75, 3.05) is 0 Å². The molecule has 0 radical (unpaired) electrons. The van der Waals surface area contributed by atoms with Crippen LogP contribution in [0.25, 0.3) is 11.5 Å². The molecule has 0 fully saturated rings. The van der Waals surface area contributed by atoms with Gasteiger partial charge in [-0.1, -0.05) is 0 Å². The lowest BCUT2D eigenvalue weighted by molar-refractivity contribution is 0.621. The van der Waals surface area contributed by atoms with Crippen molar-refractivity contribution in [3.8, 4) is 11.5 Å². The average molecular weight is 227 g/mol. The summed E-state index contributed by atoms with van der Waals surface area (Å²) < 4.78 is 12.6. The standard InChI is InChI=1S/C9H8ClFN4/c1-5(10)8-13-9(15-14-8)7-3-2-6(11)4-12-7/h2-5H,1H3,(H,13,14,15). The van der Waals surface area contributed by atoms with E-state index in [2.05, 4.69) is 20.2 Å². The Labute approximate surface area is 90.5 Å². The lowest BCUT2D eigenvalue weighted by atomic mass is 10.3. The fourth-order valence-corrected chi connectivity index (χ4v) is 1.17. The molecule has 0 aliphatic rings. The molecule has 6 heteroatoms. The van der Waals surface area contributed by atoms with Crippen molar-refractivity contribution in [2.24, 2.45) is 0 Å². The number of aromatic amines is 1. The van der Waals surface area contributed by atoms with Gasteiger partial charge in [0.1, 0.15) is 17.3 Å². The zero-order valence-electron chi connectivity index (χ0n) is 7.91. The maximum Gasteiger partial charge on any atom is 0.199 e. The predicted molar refractivity (Wildman–Crippen MR) is 53.8 cm³/mol. The van der Waals surface area contributed by atoms with Crippen LogP contribution in [0.15, 0.2) is 18.3 Å². The molecule has 0 bridgehead atoms. The first kappa shape index (κ1) is 10.0. The van der Waals surface area contributed by atoms with E-state index in [1.807, 2.05) is 0 Å². The van der Waals surface area contributed by atoms with Crippen molar-refractivity contribution in [3.05, 3.63) is 30.0 Å². The minimum Gasteiger partial charge on any atom is -0.261 e. The molecule has 1 unspecified atom stereocenters. The van der Waals surface area contributed by atoms with Gasteiger partial charge in [-0.3, -0.25) is 5.10 Å². The van der Waals surface area contributed by atoms with Gasteiger partial charge in [0.25, 0.3) is 0 Å². The molecular formula is C9H8ClFN4. The van der Waals surface area contributed by atoms with Gasteiger partial charge >= 0.3 is 0 Å². The van der Waals surface area contributed by atoms with Gasteiger partial charge < -0.3 is 0 Å². The van der Waals surface area contributed by atoms with Crippen LogP contribution >= 0.6 is 11.6 Å². The molecule has 0 saturated heterocycles. The van der Waals surface area contributed by atoms with Crippen molar-refractivity contribution in [3.63, 3.8) is 0 Å². The number of alkyl halides is 1. The van der Waals surface area contributed by atoms with Gasteiger partial charge in [0.15, 0.2) is 5.82 Å². The summed E-state index contributed by atoms with van der Waals surface area (Å²) in [6, 6.07) is 2.82. The number of nitrogens with zero attached hydrogens (tertiary/aromatic N) is 3. The fraction of sp³-hybridized carbons (Fsp3) is 0.222.